The quantitative estimate of drug-likeness (QED) is 0.0961. The fourth-order valence-corrected chi connectivity index (χ4v) is 9.86. The summed E-state index contributed by atoms with van der Waals surface area (Å²) in [4.78, 5) is 76.2. The number of hydrogen-bond donors (Lipinski definition) is 2. The van der Waals surface area contributed by atoms with Crippen LogP contribution in [0.4, 0.5) is 5.69 Å². The van der Waals surface area contributed by atoms with Crippen molar-refractivity contribution in [3.63, 3.8) is 0 Å². The molecule has 2 N–H and O–H groups in total. The first-order chi connectivity index (χ1) is 30.5. The van der Waals surface area contributed by atoms with Crippen molar-refractivity contribution in [2.45, 2.75) is 157 Å². The molecule has 1 heterocycles. The molecule has 12 heteroatoms. The average Bonchev–Trinajstić information content (AvgIpc) is 3.73. The lowest BCUT2D eigenvalue weighted by atomic mass is 9.83. The summed E-state index contributed by atoms with van der Waals surface area (Å²) < 4.78 is 12.2. The van der Waals surface area contributed by atoms with E-state index in [9.17, 15) is 24.0 Å². The van der Waals surface area contributed by atoms with Crippen LogP contribution in [0.2, 0.25) is 0 Å². The summed E-state index contributed by atoms with van der Waals surface area (Å²) in [7, 11) is 8.75. The summed E-state index contributed by atoms with van der Waals surface area (Å²) in [5.74, 6) is -2.20. The number of nitrogens with one attached hydrogen (secondary N) is 2. The summed E-state index contributed by atoms with van der Waals surface area (Å²) in [5, 5.41) is 6.55. The van der Waals surface area contributed by atoms with Gasteiger partial charge < -0.3 is 29.9 Å². The number of methoxy groups -OCH3 is 2. The Hall–Kier alpha value is -4.13. The SMILES string of the molecule is CC[C@H](C)[C@@H]([C@@H](CC(=O)N1CCC[C@H]1[C@H](OC)[C@@H](C)C(=O)C[C@H](Cc1ccccc1)C(=O)NCc1ccc(NC(C)(C)C)cc1)OC)N(C)C(=O)[C@@H](CC(=O)[C@H](C(C)C)N(C)C)C(C)C. The highest BCUT2D eigenvalue weighted by molar-refractivity contribution is 5.90. The van der Waals surface area contributed by atoms with Crippen molar-refractivity contribution >= 4 is 35.0 Å². The zero-order chi connectivity index (χ0) is 48.8. The van der Waals surface area contributed by atoms with Gasteiger partial charge in [-0.05, 0) is 95.1 Å². The van der Waals surface area contributed by atoms with Gasteiger partial charge in [-0.1, -0.05) is 97.4 Å². The van der Waals surface area contributed by atoms with E-state index in [1.54, 1.807) is 26.2 Å². The van der Waals surface area contributed by atoms with Crippen molar-refractivity contribution in [3.8, 4) is 0 Å². The molecule has 3 amide bonds. The number of likely N-dealkylation sites (tertiary alicyclic amines) is 1. The molecule has 0 bridgehead atoms. The molecule has 65 heavy (non-hydrogen) atoms. The molecule has 12 nitrogen and oxygen atoms in total. The third-order valence-electron chi connectivity index (χ3n) is 13.5. The second kappa shape index (κ2) is 25.7. The summed E-state index contributed by atoms with van der Waals surface area (Å²) in [6.45, 7) is 21.1. The van der Waals surface area contributed by atoms with Gasteiger partial charge in [0.1, 0.15) is 5.78 Å². The average molecular weight is 904 g/mol. The lowest BCUT2D eigenvalue weighted by Gasteiger charge is -2.41. The number of rotatable bonds is 26. The fraction of sp³-hybridized carbons (Fsp3) is 0.679. The Morgan fingerprint density at radius 3 is 1.95 bits per heavy atom. The van der Waals surface area contributed by atoms with E-state index in [1.807, 2.05) is 113 Å². The summed E-state index contributed by atoms with van der Waals surface area (Å²) in [6, 6.07) is 16.7. The Balaban J connectivity index is 1.79. The number of anilines is 1. The molecule has 2 aromatic rings. The van der Waals surface area contributed by atoms with E-state index in [1.165, 1.54) is 0 Å². The second-order valence-corrected chi connectivity index (χ2v) is 20.6. The van der Waals surface area contributed by atoms with Gasteiger partial charge in [0.25, 0.3) is 0 Å². The minimum absolute atomic E-state index is 0.00791. The normalized spacial score (nSPS) is 18.1. The third-order valence-corrected chi connectivity index (χ3v) is 13.5. The minimum Gasteiger partial charge on any atom is -0.380 e. The highest BCUT2D eigenvalue weighted by Gasteiger charge is 2.43. The Labute approximate surface area is 392 Å². The largest absolute Gasteiger partial charge is 0.380 e. The molecule has 0 aliphatic carbocycles. The molecule has 0 spiro atoms. The van der Waals surface area contributed by atoms with Crippen molar-refractivity contribution in [3.05, 3.63) is 65.7 Å². The maximum absolute atomic E-state index is 14.5. The first-order valence-corrected chi connectivity index (χ1v) is 24.1. The lowest BCUT2D eigenvalue weighted by Crippen LogP contribution is -2.54. The molecule has 0 unspecified atom stereocenters. The van der Waals surface area contributed by atoms with Crippen molar-refractivity contribution in [2.24, 2.45) is 35.5 Å². The fourth-order valence-electron chi connectivity index (χ4n) is 9.86. The van der Waals surface area contributed by atoms with Crippen molar-refractivity contribution in [1.29, 1.82) is 0 Å². The highest BCUT2D eigenvalue weighted by Crippen LogP contribution is 2.32. The van der Waals surface area contributed by atoms with Crippen molar-refractivity contribution < 1.29 is 33.4 Å². The van der Waals surface area contributed by atoms with E-state index < -0.39 is 36.0 Å². The maximum Gasteiger partial charge on any atom is 0.226 e. The third kappa shape index (κ3) is 16.0. The lowest BCUT2D eigenvalue weighted by molar-refractivity contribution is -0.149. The van der Waals surface area contributed by atoms with Gasteiger partial charge in [0.15, 0.2) is 5.78 Å². The van der Waals surface area contributed by atoms with Crippen LogP contribution < -0.4 is 10.6 Å². The van der Waals surface area contributed by atoms with Gasteiger partial charge >= 0.3 is 0 Å². The number of hydrogen-bond acceptors (Lipinski definition) is 9. The minimum atomic E-state index is -0.614. The Kier molecular flexibility index (Phi) is 21.8. The number of ether oxygens (including phenoxy) is 2. The molecule has 0 radical (unpaired) electrons. The van der Waals surface area contributed by atoms with Crippen LogP contribution in [0.15, 0.2) is 54.6 Å². The van der Waals surface area contributed by atoms with Gasteiger partial charge in [-0.25, -0.2) is 0 Å². The monoisotopic (exact) mass is 904 g/mol. The molecular formula is C53H85N5O7. The van der Waals surface area contributed by atoms with E-state index in [4.69, 9.17) is 9.47 Å². The molecule has 1 aliphatic rings. The van der Waals surface area contributed by atoms with Gasteiger partial charge in [0, 0.05) is 76.2 Å². The van der Waals surface area contributed by atoms with Crippen molar-refractivity contribution in [1.82, 2.24) is 20.0 Å². The molecule has 9 atom stereocenters. The van der Waals surface area contributed by atoms with E-state index >= 15 is 0 Å². The van der Waals surface area contributed by atoms with Crippen LogP contribution in [0.3, 0.4) is 0 Å². The molecule has 364 valence electrons. The Morgan fingerprint density at radius 2 is 1.43 bits per heavy atom. The number of nitrogens with zero attached hydrogens (tertiary/aromatic N) is 3. The molecule has 1 saturated heterocycles. The highest BCUT2D eigenvalue weighted by atomic mass is 16.5. The zero-order valence-electron chi connectivity index (χ0n) is 42.6. The zero-order valence-corrected chi connectivity index (χ0v) is 42.6. The first kappa shape index (κ1) is 55.2. The van der Waals surface area contributed by atoms with Gasteiger partial charge in [0.2, 0.25) is 17.7 Å². The molecule has 1 aliphatic heterocycles. The van der Waals surface area contributed by atoms with Crippen LogP contribution >= 0.6 is 0 Å². The van der Waals surface area contributed by atoms with Crippen LogP contribution in [0.5, 0.6) is 0 Å². The number of likely N-dealkylation sites (N-methyl/N-ethyl adjacent to an activating group) is 2. The number of Topliss-reactive ketones (excluding diaryl/α,β-unsaturated/α-hetero) is 2. The van der Waals surface area contributed by atoms with Crippen LogP contribution in [-0.4, -0.2) is 122 Å². The first-order valence-electron chi connectivity index (χ1n) is 24.1. The molecule has 2 aromatic carbocycles. The number of amides is 3. The smallest absolute Gasteiger partial charge is 0.226 e. The van der Waals surface area contributed by atoms with Crippen LogP contribution in [-0.2, 0) is 46.4 Å². The Bertz CT molecular complexity index is 1800. The summed E-state index contributed by atoms with van der Waals surface area (Å²) in [6.07, 6.45) is 1.57. The van der Waals surface area contributed by atoms with Gasteiger partial charge in [-0.15, -0.1) is 0 Å². The van der Waals surface area contributed by atoms with Gasteiger partial charge in [-0.3, -0.25) is 28.9 Å². The Morgan fingerprint density at radius 1 is 0.800 bits per heavy atom. The van der Waals surface area contributed by atoms with E-state index in [0.717, 1.165) is 29.7 Å². The predicted octanol–water partition coefficient (Wildman–Crippen LogP) is 8.07. The van der Waals surface area contributed by atoms with Gasteiger partial charge in [0.05, 0.1) is 36.8 Å². The molecule has 0 saturated carbocycles. The summed E-state index contributed by atoms with van der Waals surface area (Å²) in [5.41, 5.74) is 2.85. The molecule has 3 rings (SSSR count). The summed E-state index contributed by atoms with van der Waals surface area (Å²) >= 11 is 0. The molecular weight excluding hydrogens is 819 g/mol. The number of carbonyl (C=O) groups excluding carboxylic acids is 5. The standard InChI is InChI=1S/C53H85N5O7/c1-16-36(6)49(57(13)52(63)42(34(2)3)31-45(60)48(35(4)5)56(11)12)46(64-14)32-47(61)58-28-20-23-43(58)50(65-15)37(7)44(59)30-40(29-38-21-18-17-19-22-38)51(62)54-33-39-24-26-41(27-25-39)55-53(8,9)10/h17-19,21-22,24-27,34-37,40,42-43,46,48-50,55H,16,20,23,28-33H2,1-15H3,(H,54,62)/t36-,37-,40-,42-,43-,46+,48-,49-,50+/m0/s1. The van der Waals surface area contributed by atoms with Gasteiger partial charge in [-0.2, -0.15) is 0 Å². The molecule has 1 fully saturated rings. The molecule has 0 aromatic heterocycles. The van der Waals surface area contributed by atoms with Crippen molar-refractivity contribution in [2.75, 3.05) is 47.2 Å². The number of carbonyl (C=O) groups is 5. The number of ketones is 2. The maximum atomic E-state index is 14.5. The van der Waals surface area contributed by atoms with Crippen LogP contribution in [0.1, 0.15) is 119 Å². The van der Waals surface area contributed by atoms with E-state index in [-0.39, 0.29) is 83.9 Å². The van der Waals surface area contributed by atoms with E-state index in [0.29, 0.717) is 25.9 Å². The topological polar surface area (TPSA) is 138 Å². The van der Waals surface area contributed by atoms with Crippen LogP contribution in [0.25, 0.3) is 0 Å². The number of benzene rings is 2. The second-order valence-electron chi connectivity index (χ2n) is 20.6. The van der Waals surface area contributed by atoms with Crippen LogP contribution in [0, 0.1) is 35.5 Å². The predicted molar refractivity (Wildman–Crippen MR) is 261 cm³/mol. The van der Waals surface area contributed by atoms with E-state index in [2.05, 4.69) is 45.3 Å².